The fraction of sp³-hybridized carbons (Fsp3) is 0.800. The number of rotatable bonds is 1. The quantitative estimate of drug-likeness (QED) is 0.382. The average molecular weight is 155 g/mol. The molecule has 9 heavy (non-hydrogen) atoms. The smallest absolute Gasteiger partial charge is 0.264 e. The van der Waals surface area contributed by atoms with Crippen molar-refractivity contribution in [2.24, 2.45) is 0 Å². The van der Waals surface area contributed by atoms with Gasteiger partial charge >= 0.3 is 0 Å². The van der Waals surface area contributed by atoms with Crippen molar-refractivity contribution in [2.75, 3.05) is 0 Å². The van der Waals surface area contributed by atoms with E-state index in [1.54, 1.807) is 6.92 Å². The third-order valence-corrected chi connectivity index (χ3v) is 0.518. The summed E-state index contributed by atoms with van der Waals surface area (Å²) in [7, 11) is 0. The van der Waals surface area contributed by atoms with Gasteiger partial charge in [-0.3, -0.25) is 10.6 Å². The van der Waals surface area contributed by atoms with E-state index in [2.05, 4.69) is 11.3 Å². The highest BCUT2D eigenvalue weighted by molar-refractivity contribution is 5.73. The largest absolute Gasteiger partial charge is 1.00 e. The maximum Gasteiger partial charge on any atom is 0.264 e. The summed E-state index contributed by atoms with van der Waals surface area (Å²) < 4.78 is 0. The Balaban J connectivity index is -0.000000109. The van der Waals surface area contributed by atoms with E-state index in [0.29, 0.717) is 6.42 Å². The molecule has 0 aliphatic rings. The van der Waals surface area contributed by atoms with Crippen LogP contribution in [0.3, 0.4) is 0 Å². The summed E-state index contributed by atoms with van der Waals surface area (Å²) >= 11 is 0. The molecule has 0 fully saturated rings. The molecule has 0 rings (SSSR count). The number of amides is 1. The molecule has 0 aromatic heterocycles. The third kappa shape index (κ3) is 18.3. The van der Waals surface area contributed by atoms with Crippen LogP contribution in [0.15, 0.2) is 0 Å². The molecule has 4 heteroatoms. The van der Waals surface area contributed by atoms with Crippen molar-refractivity contribution in [3.8, 4) is 0 Å². The van der Waals surface area contributed by atoms with Gasteiger partial charge in [0, 0.05) is 6.42 Å². The SMILES string of the molecule is CC.CCC(=O)N[NH3+].[Cl-]. The van der Waals surface area contributed by atoms with Crippen LogP contribution >= 0.6 is 0 Å². The molecule has 0 bridgehead atoms. The summed E-state index contributed by atoms with van der Waals surface area (Å²) in [4.78, 5) is 10.0. The maximum absolute atomic E-state index is 10.0. The second kappa shape index (κ2) is 15.6. The van der Waals surface area contributed by atoms with Crippen LogP contribution in [0, 0.1) is 0 Å². The number of carbonyl (C=O) groups is 1. The minimum absolute atomic E-state index is 0. The van der Waals surface area contributed by atoms with Gasteiger partial charge in [0.15, 0.2) is 0 Å². The van der Waals surface area contributed by atoms with Gasteiger partial charge in [-0.25, -0.2) is 5.43 Å². The Bertz CT molecular complexity index is 52.9. The summed E-state index contributed by atoms with van der Waals surface area (Å²) in [6.07, 6.45) is 0.517. The summed E-state index contributed by atoms with van der Waals surface area (Å²) in [5, 5.41) is 0. The first-order valence-electron chi connectivity index (χ1n) is 2.87. The fourth-order valence-electron chi connectivity index (χ4n) is 0.125. The molecule has 0 saturated carbocycles. The summed E-state index contributed by atoms with van der Waals surface area (Å²) in [6, 6.07) is 0. The molecule has 0 saturated heterocycles. The van der Waals surface area contributed by atoms with Gasteiger partial charge in [-0.05, 0) is 0 Å². The summed E-state index contributed by atoms with van der Waals surface area (Å²) in [6.45, 7) is 5.78. The second-order valence-electron chi connectivity index (χ2n) is 0.954. The number of nitrogens with one attached hydrogen (secondary N) is 1. The molecule has 0 aliphatic carbocycles. The van der Waals surface area contributed by atoms with Gasteiger partial charge in [0.05, 0.1) is 0 Å². The maximum atomic E-state index is 10.0. The van der Waals surface area contributed by atoms with Gasteiger partial charge in [-0.15, -0.1) is 0 Å². The predicted molar refractivity (Wildman–Crippen MR) is 32.7 cm³/mol. The van der Waals surface area contributed by atoms with Crippen molar-refractivity contribution >= 4 is 5.91 Å². The highest BCUT2D eigenvalue weighted by Gasteiger charge is 1.87. The molecule has 58 valence electrons. The van der Waals surface area contributed by atoms with Crippen LogP contribution in [-0.4, -0.2) is 5.91 Å². The van der Waals surface area contributed by atoms with Crippen molar-refractivity contribution < 1.29 is 23.0 Å². The van der Waals surface area contributed by atoms with Crippen LogP contribution in [-0.2, 0) is 4.79 Å². The number of hydrogen-bond donors (Lipinski definition) is 2. The molecular weight excluding hydrogens is 140 g/mol. The minimum atomic E-state index is -0.0185. The molecule has 0 spiro atoms. The van der Waals surface area contributed by atoms with Gasteiger partial charge in [-0.2, -0.15) is 0 Å². The van der Waals surface area contributed by atoms with E-state index in [9.17, 15) is 4.79 Å². The number of quaternary nitrogens is 1. The Morgan fingerprint density at radius 1 is 1.56 bits per heavy atom. The number of halogens is 1. The van der Waals surface area contributed by atoms with Gasteiger partial charge in [0.1, 0.15) is 0 Å². The Morgan fingerprint density at radius 2 is 1.89 bits per heavy atom. The van der Waals surface area contributed by atoms with E-state index in [-0.39, 0.29) is 18.3 Å². The molecule has 0 heterocycles. The average Bonchev–Trinajstić information content (AvgIpc) is 1.91. The first kappa shape index (κ1) is 15.9. The monoisotopic (exact) mass is 154 g/mol. The topological polar surface area (TPSA) is 56.7 Å². The Labute approximate surface area is 62.4 Å². The fourth-order valence-corrected chi connectivity index (χ4v) is 0.125. The van der Waals surface area contributed by atoms with Crippen molar-refractivity contribution in [3.63, 3.8) is 0 Å². The molecule has 1 amide bonds. The molecule has 3 nitrogen and oxygen atoms in total. The lowest BCUT2D eigenvalue weighted by Crippen LogP contribution is -3.00. The molecule has 0 aliphatic heterocycles. The molecule has 0 atom stereocenters. The lowest BCUT2D eigenvalue weighted by Gasteiger charge is -1.83. The standard InChI is InChI=1S/C3H8N2O.C2H6.ClH/c1-2-3(6)5-4;1-2;/h2,4H2,1H3,(H,5,6);1-2H3;1H. The van der Waals surface area contributed by atoms with E-state index in [1.807, 2.05) is 13.8 Å². The van der Waals surface area contributed by atoms with Crippen molar-refractivity contribution in [1.29, 1.82) is 0 Å². The normalized spacial score (nSPS) is 5.78. The first-order valence-corrected chi connectivity index (χ1v) is 2.87. The van der Waals surface area contributed by atoms with Gasteiger partial charge in [0.25, 0.3) is 5.91 Å². The zero-order valence-corrected chi connectivity index (χ0v) is 6.96. The summed E-state index contributed by atoms with van der Waals surface area (Å²) in [5.74, 6) is 3.14. The van der Waals surface area contributed by atoms with Crippen LogP contribution in [0.5, 0.6) is 0 Å². The second-order valence-corrected chi connectivity index (χ2v) is 0.954. The molecule has 0 aromatic carbocycles. The van der Waals surface area contributed by atoms with E-state index in [4.69, 9.17) is 0 Å². The molecule has 0 radical (unpaired) electrons. The highest BCUT2D eigenvalue weighted by Crippen LogP contribution is 1.66. The number of carbonyl (C=O) groups excluding carboxylic acids is 1. The third-order valence-electron chi connectivity index (χ3n) is 0.518. The molecule has 4 N–H and O–H groups in total. The zero-order valence-electron chi connectivity index (χ0n) is 6.20. The van der Waals surface area contributed by atoms with Crippen LogP contribution in [0.25, 0.3) is 0 Å². The van der Waals surface area contributed by atoms with Gasteiger partial charge in [-0.1, -0.05) is 20.8 Å². The van der Waals surface area contributed by atoms with Gasteiger partial charge in [0.2, 0.25) is 0 Å². The Morgan fingerprint density at radius 3 is 1.89 bits per heavy atom. The molecular formula is C5H15ClN2O. The number of hydrogen-bond acceptors (Lipinski definition) is 1. The first-order chi connectivity index (χ1) is 3.81. The molecule has 0 aromatic rings. The minimum Gasteiger partial charge on any atom is -1.00 e. The predicted octanol–water partition coefficient (Wildman–Crippen LogP) is -3.30. The molecule has 0 unspecified atom stereocenters. The van der Waals surface area contributed by atoms with Crippen LogP contribution in [0.1, 0.15) is 27.2 Å². The Hall–Kier alpha value is -0.280. The Kier molecular flexibility index (Phi) is 27.6. The highest BCUT2D eigenvalue weighted by atomic mass is 35.5. The lowest BCUT2D eigenvalue weighted by molar-refractivity contribution is -0.427. The van der Waals surface area contributed by atoms with Crippen molar-refractivity contribution in [3.05, 3.63) is 0 Å². The van der Waals surface area contributed by atoms with Crippen LogP contribution in [0.2, 0.25) is 0 Å². The van der Waals surface area contributed by atoms with Crippen molar-refractivity contribution in [1.82, 2.24) is 5.43 Å². The van der Waals surface area contributed by atoms with Crippen LogP contribution < -0.4 is 23.7 Å². The van der Waals surface area contributed by atoms with E-state index < -0.39 is 0 Å². The van der Waals surface area contributed by atoms with Gasteiger partial charge < -0.3 is 12.4 Å². The van der Waals surface area contributed by atoms with Crippen LogP contribution in [0.4, 0.5) is 0 Å². The lowest BCUT2D eigenvalue weighted by atomic mass is 10.5. The summed E-state index contributed by atoms with van der Waals surface area (Å²) in [5.41, 5.74) is 2.23. The van der Waals surface area contributed by atoms with E-state index in [0.717, 1.165) is 0 Å². The van der Waals surface area contributed by atoms with E-state index in [1.165, 1.54) is 0 Å². The van der Waals surface area contributed by atoms with Crippen molar-refractivity contribution in [2.45, 2.75) is 27.2 Å². The zero-order chi connectivity index (χ0) is 6.99. The van der Waals surface area contributed by atoms with E-state index >= 15 is 0 Å².